The Hall–Kier alpha value is -4.63. The van der Waals surface area contributed by atoms with Gasteiger partial charge in [0.1, 0.15) is 0 Å². The Labute approximate surface area is 254 Å². The average molecular weight is 600 g/mol. The van der Waals surface area contributed by atoms with Crippen molar-refractivity contribution in [2.75, 3.05) is 13.1 Å². The Morgan fingerprint density at radius 1 is 1.16 bits per heavy atom. The van der Waals surface area contributed by atoms with Crippen LogP contribution in [0.5, 0.6) is 0 Å². The smallest absolute Gasteiger partial charge is 0.322 e. The molecule has 1 fully saturated rings. The van der Waals surface area contributed by atoms with Crippen molar-refractivity contribution in [1.29, 1.82) is 0 Å². The van der Waals surface area contributed by atoms with Crippen LogP contribution in [0.2, 0.25) is 5.02 Å². The lowest BCUT2D eigenvalue weighted by Gasteiger charge is -2.44. The van der Waals surface area contributed by atoms with Crippen LogP contribution in [-0.4, -0.2) is 48.7 Å². The second-order valence-electron chi connectivity index (χ2n) is 11.0. The molecule has 218 valence electrons. The van der Waals surface area contributed by atoms with Gasteiger partial charge in [0.15, 0.2) is 11.3 Å². The monoisotopic (exact) mass is 599 g/mol. The molecule has 0 radical (unpaired) electrons. The molecule has 0 bridgehead atoms. The molecule has 1 aliphatic heterocycles. The predicted molar refractivity (Wildman–Crippen MR) is 167 cm³/mol. The highest BCUT2D eigenvalue weighted by Crippen LogP contribution is 2.36. The highest BCUT2D eigenvalue weighted by molar-refractivity contribution is 6.34. The largest absolute Gasteiger partial charge is 0.332 e. The van der Waals surface area contributed by atoms with Gasteiger partial charge in [0.05, 0.1) is 49.9 Å². The van der Waals surface area contributed by atoms with Crippen LogP contribution in [0.15, 0.2) is 83.0 Å². The summed E-state index contributed by atoms with van der Waals surface area (Å²) in [6.07, 6.45) is 2.60. The molecule has 43 heavy (non-hydrogen) atoms. The Morgan fingerprint density at radius 2 is 1.88 bits per heavy atom. The summed E-state index contributed by atoms with van der Waals surface area (Å²) >= 11 is 6.85. The number of aryl methyl sites for hydroxylation is 1. The third-order valence-corrected chi connectivity index (χ3v) is 7.92. The molecule has 0 saturated carbocycles. The van der Waals surface area contributed by atoms with Gasteiger partial charge >= 0.3 is 11.1 Å². The van der Waals surface area contributed by atoms with Gasteiger partial charge in [0.2, 0.25) is 5.91 Å². The second-order valence-corrected chi connectivity index (χ2v) is 11.4. The van der Waals surface area contributed by atoms with Crippen LogP contribution in [0.3, 0.4) is 0 Å². The van der Waals surface area contributed by atoms with E-state index in [1.54, 1.807) is 19.2 Å². The number of amides is 1. The van der Waals surface area contributed by atoms with Gasteiger partial charge in [-0.15, -0.1) is 0 Å². The van der Waals surface area contributed by atoms with Gasteiger partial charge in [-0.05, 0) is 47.4 Å². The molecular weight excluding hydrogens is 569 g/mol. The van der Waals surface area contributed by atoms with Crippen LogP contribution in [0, 0.1) is 6.92 Å². The summed E-state index contributed by atoms with van der Waals surface area (Å²) in [5.74, 6) is -0.748. The first-order valence-corrected chi connectivity index (χ1v) is 14.1. The van der Waals surface area contributed by atoms with E-state index in [4.69, 9.17) is 19.3 Å². The number of rotatable bonds is 6. The lowest BCUT2D eigenvalue weighted by molar-refractivity contribution is -0.141. The molecule has 3 aromatic heterocycles. The van der Waals surface area contributed by atoms with Crippen molar-refractivity contribution in [3.05, 3.63) is 110 Å². The molecule has 0 aliphatic carbocycles. The summed E-state index contributed by atoms with van der Waals surface area (Å²) in [5.41, 5.74) is -3.04. The van der Waals surface area contributed by atoms with Crippen LogP contribution >= 0.6 is 11.6 Å². The number of alkyl halides is 1. The van der Waals surface area contributed by atoms with Crippen LogP contribution < -0.4 is 11.1 Å². The number of carbonyl (C=O) groups excluding carboxylic acids is 1. The lowest BCUT2D eigenvalue weighted by atomic mass is 9.95. The number of nitrogens with zero attached hydrogens (tertiary/aromatic N) is 5. The first kappa shape index (κ1) is 26.0. The molecule has 1 saturated heterocycles. The number of hydrogen-bond acceptors (Lipinski definition) is 5. The van der Waals surface area contributed by atoms with E-state index in [2.05, 4.69) is 11.6 Å². The highest BCUT2D eigenvalue weighted by Gasteiger charge is 2.46. The van der Waals surface area contributed by atoms with E-state index in [1.807, 2.05) is 56.3 Å². The molecule has 6 rings (SSSR count). The quantitative estimate of drug-likeness (QED) is 0.188. The maximum atomic E-state index is 16.3. The molecule has 0 atom stereocenters. The third-order valence-electron chi connectivity index (χ3n) is 7.63. The van der Waals surface area contributed by atoms with E-state index in [-0.39, 0.29) is 27.8 Å². The normalized spacial score (nSPS) is 15.3. The lowest BCUT2D eigenvalue weighted by Crippen LogP contribution is -2.63. The fraction of sp³-hybridized carbons (Fsp3) is 0.242. The zero-order valence-corrected chi connectivity index (χ0v) is 24.5. The van der Waals surface area contributed by atoms with Crippen molar-refractivity contribution in [2.24, 2.45) is 0 Å². The van der Waals surface area contributed by atoms with E-state index in [0.29, 0.717) is 27.1 Å². The standard InChI is InChI=1S/C33H29ClFN5O3/c1-5-26(41)38-16-33(35,17-38)18-39-25-15-24(34)28(23-12-8-10-21-9-6-7-11-22(21)23)37-30(25)40(32(43)31(39)42)29-20(4)13-14-36-27(29)19(2)3/h5-15,19H,1,16-18H2,2-4H3/i18D2. The minimum atomic E-state index is -3.07. The van der Waals surface area contributed by atoms with Crippen LogP contribution in [0.25, 0.3) is 38.9 Å². The Balaban J connectivity index is 1.73. The fourth-order valence-electron chi connectivity index (χ4n) is 5.53. The summed E-state index contributed by atoms with van der Waals surface area (Å²) < 4.78 is 35.7. The summed E-state index contributed by atoms with van der Waals surface area (Å²) in [7, 11) is 0. The Kier molecular flexibility index (Phi) is 6.40. The number of benzene rings is 2. The Morgan fingerprint density at radius 3 is 2.60 bits per heavy atom. The van der Waals surface area contributed by atoms with Crippen molar-refractivity contribution in [3.63, 3.8) is 0 Å². The molecule has 1 amide bonds. The topological polar surface area (TPSA) is 90.1 Å². The van der Waals surface area contributed by atoms with E-state index in [9.17, 15) is 14.4 Å². The van der Waals surface area contributed by atoms with Gasteiger partial charge in [0, 0.05) is 11.8 Å². The zero-order chi connectivity index (χ0) is 32.4. The first-order valence-electron chi connectivity index (χ1n) is 14.7. The molecule has 8 nitrogen and oxygen atoms in total. The molecule has 0 spiro atoms. The summed E-state index contributed by atoms with van der Waals surface area (Å²) in [6.45, 7) is 4.58. The number of fused-ring (bicyclic) bond motifs is 2. The van der Waals surface area contributed by atoms with Gasteiger partial charge in [-0.1, -0.05) is 74.5 Å². The highest BCUT2D eigenvalue weighted by atomic mass is 35.5. The van der Waals surface area contributed by atoms with Crippen molar-refractivity contribution >= 4 is 39.4 Å². The van der Waals surface area contributed by atoms with E-state index < -0.39 is 42.3 Å². The summed E-state index contributed by atoms with van der Waals surface area (Å²) in [5, 5.41) is 1.81. The number of hydrogen-bond donors (Lipinski definition) is 0. The number of likely N-dealkylation sites (tertiary alicyclic amines) is 1. The molecular formula is C33H29ClFN5O3. The maximum Gasteiger partial charge on any atom is 0.322 e. The average Bonchev–Trinajstić information content (AvgIpc) is 2.99. The number of carbonyl (C=O) groups is 1. The predicted octanol–water partition coefficient (Wildman–Crippen LogP) is 5.58. The van der Waals surface area contributed by atoms with Gasteiger partial charge in [-0.2, -0.15) is 0 Å². The Bertz CT molecular complexity index is 2170. The number of pyridine rings is 2. The van der Waals surface area contributed by atoms with Crippen LogP contribution in [0.4, 0.5) is 4.39 Å². The maximum absolute atomic E-state index is 16.3. The fourth-order valence-corrected chi connectivity index (χ4v) is 5.78. The van der Waals surface area contributed by atoms with Crippen molar-refractivity contribution in [1.82, 2.24) is 24.0 Å². The molecule has 2 aromatic carbocycles. The molecule has 0 N–H and O–H groups in total. The van der Waals surface area contributed by atoms with Crippen LogP contribution in [-0.2, 0) is 11.3 Å². The first-order chi connectivity index (χ1) is 21.3. The van der Waals surface area contributed by atoms with E-state index in [0.717, 1.165) is 26.3 Å². The third kappa shape index (κ3) is 4.73. The molecule has 10 heteroatoms. The SMILES string of the molecule is [2H]C([2H])(n1c(=O)c(=O)n(-c2c(C)ccnc2C(C)C)c2nc(-c3cccc4ccccc34)c(Cl)cc21)C1(F)CN(C(=O)C=C)C1. The van der Waals surface area contributed by atoms with Gasteiger partial charge < -0.3 is 4.90 Å². The number of halogens is 2. The van der Waals surface area contributed by atoms with Gasteiger partial charge in [-0.3, -0.25) is 28.5 Å². The minimum Gasteiger partial charge on any atom is -0.332 e. The van der Waals surface area contributed by atoms with Crippen LogP contribution in [0.1, 0.15) is 33.8 Å². The summed E-state index contributed by atoms with van der Waals surface area (Å²) in [6, 6.07) is 16.2. The van der Waals surface area contributed by atoms with Crippen molar-refractivity contribution < 1.29 is 11.9 Å². The van der Waals surface area contributed by atoms with E-state index in [1.165, 1.54) is 6.07 Å². The molecule has 5 aromatic rings. The zero-order valence-electron chi connectivity index (χ0n) is 25.8. The van der Waals surface area contributed by atoms with Crippen molar-refractivity contribution in [3.8, 4) is 16.9 Å². The second kappa shape index (κ2) is 10.6. The van der Waals surface area contributed by atoms with Gasteiger partial charge in [-0.25, -0.2) is 9.37 Å². The summed E-state index contributed by atoms with van der Waals surface area (Å²) in [4.78, 5) is 50.6. The molecule has 0 unspecified atom stereocenters. The number of aromatic nitrogens is 4. The molecule has 1 aliphatic rings. The van der Waals surface area contributed by atoms with Gasteiger partial charge in [0.25, 0.3) is 0 Å². The molecule has 4 heterocycles. The van der Waals surface area contributed by atoms with E-state index >= 15 is 4.39 Å². The minimum absolute atomic E-state index is 0.0602. The van der Waals surface area contributed by atoms with Crippen molar-refractivity contribution in [2.45, 2.75) is 38.9 Å².